The van der Waals surface area contributed by atoms with E-state index in [1.54, 1.807) is 0 Å². The molecule has 1 saturated carbocycles. The van der Waals surface area contributed by atoms with Crippen molar-refractivity contribution in [3.05, 3.63) is 29.3 Å². The number of aliphatic hydroxyl groups excluding tert-OH is 1. The molecule has 0 saturated heterocycles. The molecule has 3 N–H and O–H groups in total. The molecule has 0 radical (unpaired) electrons. The molecule has 0 bridgehead atoms. The van der Waals surface area contributed by atoms with Crippen molar-refractivity contribution in [2.75, 3.05) is 7.11 Å². The van der Waals surface area contributed by atoms with E-state index in [-0.39, 0.29) is 17.2 Å². The molecule has 112 valence electrons. The van der Waals surface area contributed by atoms with E-state index in [1.165, 1.54) is 19.2 Å². The Bertz CT molecular complexity index is 472. The van der Waals surface area contributed by atoms with Gasteiger partial charge in [0.05, 0.1) is 24.8 Å². The first-order chi connectivity index (χ1) is 9.34. The molecule has 2 atom stereocenters. The van der Waals surface area contributed by atoms with Crippen molar-refractivity contribution in [3.8, 4) is 5.75 Å². The molecule has 1 aromatic rings. The summed E-state index contributed by atoms with van der Waals surface area (Å²) < 4.78 is 44.1. The maximum Gasteiger partial charge on any atom is 0.416 e. The maximum atomic E-state index is 13.1. The van der Waals surface area contributed by atoms with Crippen molar-refractivity contribution in [1.29, 1.82) is 0 Å². The van der Waals surface area contributed by atoms with Crippen molar-refractivity contribution in [2.45, 2.75) is 37.6 Å². The molecule has 6 heteroatoms. The van der Waals surface area contributed by atoms with Gasteiger partial charge in [-0.05, 0) is 36.5 Å². The molecule has 1 fully saturated rings. The van der Waals surface area contributed by atoms with Crippen LogP contribution in [0.5, 0.6) is 5.75 Å². The lowest BCUT2D eigenvalue weighted by Crippen LogP contribution is -2.37. The number of aliphatic hydroxyl groups is 1. The van der Waals surface area contributed by atoms with Gasteiger partial charge in [-0.15, -0.1) is 0 Å². The second-order valence-electron chi connectivity index (χ2n) is 5.16. The normalized spacial score (nSPS) is 19.3. The Morgan fingerprint density at radius 2 is 2.00 bits per heavy atom. The number of rotatable bonds is 4. The van der Waals surface area contributed by atoms with Gasteiger partial charge in [-0.1, -0.05) is 12.5 Å². The molecule has 0 heterocycles. The fraction of sp³-hybridized carbons (Fsp3) is 0.571. The van der Waals surface area contributed by atoms with E-state index in [0.717, 1.165) is 25.3 Å². The third kappa shape index (κ3) is 2.91. The lowest BCUT2D eigenvalue weighted by atomic mass is 9.77. The number of hydrogen-bond donors (Lipinski definition) is 2. The molecule has 1 aliphatic carbocycles. The standard InChI is InChI=1S/C14H18F3NO2/c1-20-9-5-6-10(11(7-9)14(15,16)17)12(18)13(19)8-3-2-4-8/h5-8,12-13,19H,2-4,18H2,1H3/t12-,13+/m0/s1. The van der Waals surface area contributed by atoms with Crippen LogP contribution in [0.3, 0.4) is 0 Å². The molecule has 0 amide bonds. The number of methoxy groups -OCH3 is 1. The minimum absolute atomic E-state index is 0.00631. The molecular formula is C14H18F3NO2. The number of ether oxygens (including phenoxy) is 1. The SMILES string of the molecule is COc1ccc([C@H](N)[C@H](O)C2CCC2)c(C(F)(F)F)c1. The highest BCUT2D eigenvalue weighted by atomic mass is 19.4. The molecule has 0 unspecified atom stereocenters. The molecule has 0 aromatic heterocycles. The minimum Gasteiger partial charge on any atom is -0.497 e. The second kappa shape index (κ2) is 5.61. The van der Waals surface area contributed by atoms with Crippen LogP contribution in [0, 0.1) is 5.92 Å². The summed E-state index contributed by atoms with van der Waals surface area (Å²) in [5.74, 6) is 0.111. The van der Waals surface area contributed by atoms with Crippen LogP contribution in [0.2, 0.25) is 0 Å². The Kier molecular flexibility index (Phi) is 4.25. The highest BCUT2D eigenvalue weighted by Crippen LogP contribution is 2.40. The smallest absolute Gasteiger partial charge is 0.416 e. The zero-order valence-electron chi connectivity index (χ0n) is 11.2. The van der Waals surface area contributed by atoms with Crippen LogP contribution in [0.4, 0.5) is 13.2 Å². The summed E-state index contributed by atoms with van der Waals surface area (Å²) in [6.45, 7) is 0. The Morgan fingerprint density at radius 1 is 1.35 bits per heavy atom. The fourth-order valence-corrected chi connectivity index (χ4v) is 2.46. The van der Waals surface area contributed by atoms with Gasteiger partial charge in [0, 0.05) is 0 Å². The van der Waals surface area contributed by atoms with E-state index in [9.17, 15) is 18.3 Å². The number of benzene rings is 1. The van der Waals surface area contributed by atoms with Crippen molar-refractivity contribution in [3.63, 3.8) is 0 Å². The van der Waals surface area contributed by atoms with Gasteiger partial charge in [0.25, 0.3) is 0 Å². The third-order valence-electron chi connectivity index (χ3n) is 3.93. The van der Waals surface area contributed by atoms with Crippen LogP contribution < -0.4 is 10.5 Å². The number of alkyl halides is 3. The number of nitrogens with two attached hydrogens (primary N) is 1. The van der Waals surface area contributed by atoms with Gasteiger partial charge in [-0.2, -0.15) is 13.2 Å². The van der Waals surface area contributed by atoms with Crippen molar-refractivity contribution in [1.82, 2.24) is 0 Å². The van der Waals surface area contributed by atoms with E-state index in [0.29, 0.717) is 0 Å². The molecule has 20 heavy (non-hydrogen) atoms. The minimum atomic E-state index is -4.53. The topological polar surface area (TPSA) is 55.5 Å². The monoisotopic (exact) mass is 289 g/mol. The van der Waals surface area contributed by atoms with Crippen LogP contribution >= 0.6 is 0 Å². The molecule has 1 aromatic carbocycles. The van der Waals surface area contributed by atoms with E-state index >= 15 is 0 Å². The van der Waals surface area contributed by atoms with E-state index in [2.05, 4.69) is 0 Å². The molecule has 0 aliphatic heterocycles. The summed E-state index contributed by atoms with van der Waals surface area (Å²) in [7, 11) is 1.30. The summed E-state index contributed by atoms with van der Waals surface area (Å²) in [6.07, 6.45) is -2.86. The third-order valence-corrected chi connectivity index (χ3v) is 3.93. The molecular weight excluding hydrogens is 271 g/mol. The van der Waals surface area contributed by atoms with Gasteiger partial charge < -0.3 is 15.6 Å². The first kappa shape index (κ1) is 15.1. The summed E-state index contributed by atoms with van der Waals surface area (Å²) >= 11 is 0. The number of halogens is 3. The van der Waals surface area contributed by atoms with Gasteiger partial charge in [-0.3, -0.25) is 0 Å². The average molecular weight is 289 g/mol. The van der Waals surface area contributed by atoms with Crippen molar-refractivity contribution in [2.24, 2.45) is 11.7 Å². The Hall–Kier alpha value is -1.27. The maximum absolute atomic E-state index is 13.1. The highest BCUT2D eigenvalue weighted by molar-refractivity contribution is 5.39. The Labute approximate surface area is 115 Å². The Balaban J connectivity index is 2.34. The zero-order valence-corrected chi connectivity index (χ0v) is 11.2. The predicted octanol–water partition coefficient (Wildman–Crippen LogP) is 2.87. The van der Waals surface area contributed by atoms with Crippen molar-refractivity contribution < 1.29 is 23.0 Å². The fourth-order valence-electron chi connectivity index (χ4n) is 2.46. The largest absolute Gasteiger partial charge is 0.497 e. The summed E-state index contributed by atoms with van der Waals surface area (Å²) in [5.41, 5.74) is 4.92. The molecule has 1 aliphatic rings. The van der Waals surface area contributed by atoms with Crippen LogP contribution in [0.15, 0.2) is 18.2 Å². The first-order valence-electron chi connectivity index (χ1n) is 6.53. The summed E-state index contributed by atoms with van der Waals surface area (Å²) in [4.78, 5) is 0. The number of hydrogen-bond acceptors (Lipinski definition) is 3. The molecule has 0 spiro atoms. The first-order valence-corrected chi connectivity index (χ1v) is 6.53. The van der Waals surface area contributed by atoms with E-state index in [4.69, 9.17) is 10.5 Å². The van der Waals surface area contributed by atoms with Crippen LogP contribution in [0.1, 0.15) is 36.4 Å². The quantitative estimate of drug-likeness (QED) is 0.896. The van der Waals surface area contributed by atoms with Gasteiger partial charge >= 0.3 is 6.18 Å². The van der Waals surface area contributed by atoms with Crippen molar-refractivity contribution >= 4 is 0 Å². The predicted molar refractivity (Wildman–Crippen MR) is 68.3 cm³/mol. The second-order valence-corrected chi connectivity index (χ2v) is 5.16. The van der Waals surface area contributed by atoms with E-state index in [1.807, 2.05) is 0 Å². The molecule has 3 nitrogen and oxygen atoms in total. The summed E-state index contributed by atoms with van der Waals surface area (Å²) in [6, 6.07) is 2.59. The van der Waals surface area contributed by atoms with E-state index < -0.39 is 23.9 Å². The highest BCUT2D eigenvalue weighted by Gasteiger charge is 2.38. The Morgan fingerprint density at radius 3 is 2.45 bits per heavy atom. The summed E-state index contributed by atoms with van der Waals surface area (Å²) in [5, 5.41) is 10.1. The van der Waals surface area contributed by atoms with Gasteiger partial charge in [0.1, 0.15) is 5.75 Å². The lowest BCUT2D eigenvalue weighted by Gasteiger charge is -2.34. The zero-order chi connectivity index (χ0) is 14.9. The lowest BCUT2D eigenvalue weighted by molar-refractivity contribution is -0.138. The van der Waals surface area contributed by atoms with Crippen LogP contribution in [-0.4, -0.2) is 18.3 Å². The van der Waals surface area contributed by atoms with Gasteiger partial charge in [-0.25, -0.2) is 0 Å². The van der Waals surface area contributed by atoms with Crippen LogP contribution in [-0.2, 0) is 6.18 Å². The average Bonchev–Trinajstić information content (AvgIpc) is 2.34. The molecule has 2 rings (SSSR count). The van der Waals surface area contributed by atoms with Crippen LogP contribution in [0.25, 0.3) is 0 Å². The van der Waals surface area contributed by atoms with Gasteiger partial charge in [0.2, 0.25) is 0 Å². The van der Waals surface area contributed by atoms with Gasteiger partial charge in [0.15, 0.2) is 0 Å².